The van der Waals surface area contributed by atoms with Gasteiger partial charge in [0.25, 0.3) is 5.69 Å². The Balaban J connectivity index is 2.55. The van der Waals surface area contributed by atoms with Crippen LogP contribution < -0.4 is 10.5 Å². The molecule has 1 aromatic carbocycles. The van der Waals surface area contributed by atoms with E-state index >= 15 is 0 Å². The molecular formula is C14H12N4O3. The molecule has 21 heavy (non-hydrogen) atoms. The standard InChI is InChI=1S/C14H12N4O3/c1-8-12(7-15)14(17-9(2)13(8)18(19)20)21-11-5-3-4-10(16)6-11/h3-6H,16H2,1-2H3. The van der Waals surface area contributed by atoms with E-state index in [0.717, 1.165) is 0 Å². The molecule has 2 rings (SSSR count). The number of aryl methyl sites for hydroxylation is 1. The molecule has 1 heterocycles. The van der Waals surface area contributed by atoms with Crippen LogP contribution in [0.5, 0.6) is 11.6 Å². The molecule has 0 saturated carbocycles. The molecule has 2 aromatic rings. The fourth-order valence-electron chi connectivity index (χ4n) is 1.98. The molecule has 0 radical (unpaired) electrons. The van der Waals surface area contributed by atoms with E-state index in [9.17, 15) is 15.4 Å². The molecule has 2 N–H and O–H groups in total. The number of nitro groups is 1. The van der Waals surface area contributed by atoms with Crippen LogP contribution >= 0.6 is 0 Å². The van der Waals surface area contributed by atoms with E-state index in [1.165, 1.54) is 13.8 Å². The van der Waals surface area contributed by atoms with Gasteiger partial charge in [0.2, 0.25) is 5.88 Å². The quantitative estimate of drug-likeness (QED) is 0.526. The van der Waals surface area contributed by atoms with Crippen molar-refractivity contribution in [1.29, 1.82) is 5.26 Å². The Kier molecular flexibility index (Phi) is 3.71. The summed E-state index contributed by atoms with van der Waals surface area (Å²) in [7, 11) is 0. The Labute approximate surface area is 120 Å². The molecule has 1 aromatic heterocycles. The van der Waals surface area contributed by atoms with E-state index in [1.54, 1.807) is 24.3 Å². The number of hydrogen-bond donors (Lipinski definition) is 1. The number of rotatable bonds is 3. The maximum Gasteiger partial charge on any atom is 0.294 e. The van der Waals surface area contributed by atoms with Gasteiger partial charge in [-0.05, 0) is 26.0 Å². The Morgan fingerprint density at radius 2 is 2.14 bits per heavy atom. The van der Waals surface area contributed by atoms with Gasteiger partial charge in [0, 0.05) is 11.8 Å². The summed E-state index contributed by atoms with van der Waals surface area (Å²) in [6.07, 6.45) is 0. The zero-order chi connectivity index (χ0) is 15.6. The second-order valence-electron chi connectivity index (χ2n) is 4.39. The summed E-state index contributed by atoms with van der Waals surface area (Å²) >= 11 is 0. The van der Waals surface area contributed by atoms with E-state index in [0.29, 0.717) is 11.4 Å². The van der Waals surface area contributed by atoms with E-state index < -0.39 is 4.92 Å². The summed E-state index contributed by atoms with van der Waals surface area (Å²) in [5, 5.41) is 20.2. The summed E-state index contributed by atoms with van der Waals surface area (Å²) in [6.45, 7) is 3.00. The van der Waals surface area contributed by atoms with Crippen molar-refractivity contribution >= 4 is 11.4 Å². The predicted molar refractivity (Wildman–Crippen MR) is 76.0 cm³/mol. The van der Waals surface area contributed by atoms with Crippen molar-refractivity contribution in [3.8, 4) is 17.7 Å². The van der Waals surface area contributed by atoms with Gasteiger partial charge in [0.1, 0.15) is 23.1 Å². The average Bonchev–Trinajstić information content (AvgIpc) is 2.38. The van der Waals surface area contributed by atoms with Gasteiger partial charge in [-0.15, -0.1) is 0 Å². The third-order valence-corrected chi connectivity index (χ3v) is 2.92. The summed E-state index contributed by atoms with van der Waals surface area (Å²) < 4.78 is 5.54. The highest BCUT2D eigenvalue weighted by Gasteiger charge is 2.24. The molecular weight excluding hydrogens is 272 g/mol. The first-order valence-electron chi connectivity index (χ1n) is 6.03. The van der Waals surface area contributed by atoms with Crippen LogP contribution in [-0.4, -0.2) is 9.91 Å². The van der Waals surface area contributed by atoms with E-state index in [1.807, 2.05) is 6.07 Å². The van der Waals surface area contributed by atoms with Gasteiger partial charge in [-0.1, -0.05) is 6.07 Å². The second-order valence-corrected chi connectivity index (χ2v) is 4.39. The number of hydrogen-bond acceptors (Lipinski definition) is 6. The number of benzene rings is 1. The van der Waals surface area contributed by atoms with Crippen LogP contribution in [-0.2, 0) is 0 Å². The van der Waals surface area contributed by atoms with Crippen LogP contribution in [0.1, 0.15) is 16.8 Å². The summed E-state index contributed by atoms with van der Waals surface area (Å²) in [5.41, 5.74) is 6.44. The average molecular weight is 284 g/mol. The number of nitrogens with zero attached hydrogens (tertiary/aromatic N) is 3. The Bertz CT molecular complexity index is 766. The first-order valence-corrected chi connectivity index (χ1v) is 6.03. The van der Waals surface area contributed by atoms with Crippen LogP contribution in [0.15, 0.2) is 24.3 Å². The third kappa shape index (κ3) is 2.74. The highest BCUT2D eigenvalue weighted by molar-refractivity contribution is 5.57. The highest BCUT2D eigenvalue weighted by atomic mass is 16.6. The molecule has 0 saturated heterocycles. The number of ether oxygens (including phenoxy) is 1. The maximum atomic E-state index is 11.0. The van der Waals surface area contributed by atoms with Crippen LogP contribution in [0.25, 0.3) is 0 Å². The second kappa shape index (κ2) is 5.46. The van der Waals surface area contributed by atoms with Crippen LogP contribution in [0.3, 0.4) is 0 Å². The van der Waals surface area contributed by atoms with Crippen LogP contribution in [0.2, 0.25) is 0 Å². The normalized spacial score (nSPS) is 9.95. The Hall–Kier alpha value is -3.14. The Morgan fingerprint density at radius 3 is 2.71 bits per heavy atom. The minimum Gasteiger partial charge on any atom is -0.438 e. The smallest absolute Gasteiger partial charge is 0.294 e. The largest absolute Gasteiger partial charge is 0.438 e. The first kappa shape index (κ1) is 14.3. The lowest BCUT2D eigenvalue weighted by Crippen LogP contribution is -2.03. The maximum absolute atomic E-state index is 11.0. The summed E-state index contributed by atoms with van der Waals surface area (Å²) in [5.74, 6) is 0.440. The molecule has 0 amide bonds. The van der Waals surface area contributed by atoms with E-state index in [-0.39, 0.29) is 28.4 Å². The number of nitrogens with two attached hydrogens (primary N) is 1. The SMILES string of the molecule is Cc1nc(Oc2cccc(N)c2)c(C#N)c(C)c1[N+](=O)[O-]. The molecule has 0 atom stereocenters. The fraction of sp³-hybridized carbons (Fsp3) is 0.143. The summed E-state index contributed by atoms with van der Waals surface area (Å²) in [6, 6.07) is 8.52. The minimum absolute atomic E-state index is 0.0312. The van der Waals surface area contributed by atoms with Crippen molar-refractivity contribution in [2.75, 3.05) is 5.73 Å². The lowest BCUT2D eigenvalue weighted by Gasteiger charge is -2.10. The first-order chi connectivity index (χ1) is 9.93. The van der Waals surface area contributed by atoms with Crippen LogP contribution in [0.4, 0.5) is 11.4 Å². The third-order valence-electron chi connectivity index (χ3n) is 2.92. The predicted octanol–water partition coefficient (Wildman–Crippen LogP) is 2.85. The van der Waals surface area contributed by atoms with Gasteiger partial charge in [0.15, 0.2) is 0 Å². The molecule has 0 spiro atoms. The lowest BCUT2D eigenvalue weighted by molar-refractivity contribution is -0.386. The van der Waals surface area contributed by atoms with Crippen molar-refractivity contribution < 1.29 is 9.66 Å². The topological polar surface area (TPSA) is 115 Å². The number of anilines is 1. The van der Waals surface area contributed by atoms with Gasteiger partial charge in [0.05, 0.1) is 10.5 Å². The fourth-order valence-corrected chi connectivity index (χ4v) is 1.98. The van der Waals surface area contributed by atoms with Crippen molar-refractivity contribution in [2.45, 2.75) is 13.8 Å². The molecule has 0 fully saturated rings. The van der Waals surface area contributed by atoms with Crippen molar-refractivity contribution in [1.82, 2.24) is 4.98 Å². The molecule has 0 aliphatic rings. The van der Waals surface area contributed by atoms with Crippen LogP contribution in [0, 0.1) is 35.3 Å². The van der Waals surface area contributed by atoms with Crippen molar-refractivity contribution in [3.63, 3.8) is 0 Å². The van der Waals surface area contributed by atoms with E-state index in [2.05, 4.69) is 4.98 Å². The molecule has 7 nitrogen and oxygen atoms in total. The molecule has 106 valence electrons. The lowest BCUT2D eigenvalue weighted by atomic mass is 10.1. The number of nitrogen functional groups attached to an aromatic ring is 1. The van der Waals surface area contributed by atoms with E-state index in [4.69, 9.17) is 10.5 Å². The zero-order valence-electron chi connectivity index (χ0n) is 11.5. The summed E-state index contributed by atoms with van der Waals surface area (Å²) in [4.78, 5) is 14.5. The molecule has 0 unspecified atom stereocenters. The number of pyridine rings is 1. The van der Waals surface area contributed by atoms with Gasteiger partial charge in [-0.3, -0.25) is 10.1 Å². The van der Waals surface area contributed by atoms with Crippen molar-refractivity contribution in [2.24, 2.45) is 0 Å². The molecule has 0 bridgehead atoms. The monoisotopic (exact) mass is 284 g/mol. The molecule has 0 aliphatic heterocycles. The number of aromatic nitrogens is 1. The highest BCUT2D eigenvalue weighted by Crippen LogP contribution is 2.32. The van der Waals surface area contributed by atoms with Gasteiger partial charge >= 0.3 is 0 Å². The van der Waals surface area contributed by atoms with Gasteiger partial charge in [-0.25, -0.2) is 4.98 Å². The van der Waals surface area contributed by atoms with Gasteiger partial charge < -0.3 is 10.5 Å². The molecule has 0 aliphatic carbocycles. The van der Waals surface area contributed by atoms with Gasteiger partial charge in [-0.2, -0.15) is 5.26 Å². The Morgan fingerprint density at radius 1 is 1.43 bits per heavy atom. The minimum atomic E-state index is -0.553. The molecule has 7 heteroatoms. The zero-order valence-corrected chi connectivity index (χ0v) is 11.5. The number of nitriles is 1. The van der Waals surface area contributed by atoms with Crippen molar-refractivity contribution in [3.05, 3.63) is 51.2 Å².